The van der Waals surface area contributed by atoms with Gasteiger partial charge in [0, 0.05) is 13.1 Å². The van der Waals surface area contributed by atoms with Crippen molar-refractivity contribution in [1.82, 2.24) is 14.8 Å². The molecule has 6 nitrogen and oxygen atoms in total. The predicted octanol–water partition coefficient (Wildman–Crippen LogP) is 4.58. The van der Waals surface area contributed by atoms with E-state index in [9.17, 15) is 13.6 Å². The van der Waals surface area contributed by atoms with Crippen LogP contribution in [0.3, 0.4) is 0 Å². The van der Waals surface area contributed by atoms with Crippen molar-refractivity contribution in [2.45, 2.75) is 32.0 Å². The average molecular weight is 432 g/mol. The van der Waals surface area contributed by atoms with E-state index in [-0.39, 0.29) is 17.5 Å². The highest BCUT2D eigenvalue weighted by molar-refractivity contribution is 7.99. The van der Waals surface area contributed by atoms with E-state index in [2.05, 4.69) is 15.5 Å². The highest BCUT2D eigenvalue weighted by Gasteiger charge is 2.19. The van der Waals surface area contributed by atoms with Crippen molar-refractivity contribution in [3.63, 3.8) is 0 Å². The summed E-state index contributed by atoms with van der Waals surface area (Å²) in [5.74, 6) is -0.590. The van der Waals surface area contributed by atoms with Crippen molar-refractivity contribution < 1.29 is 18.3 Å². The van der Waals surface area contributed by atoms with Gasteiger partial charge < -0.3 is 14.6 Å². The fraction of sp³-hybridized carbons (Fsp3) is 0.286. The van der Waals surface area contributed by atoms with E-state index in [0.29, 0.717) is 11.0 Å². The zero-order chi connectivity index (χ0) is 21.8. The number of ether oxygens (including phenoxy) is 1. The number of hydrogen-bond acceptors (Lipinski definition) is 5. The second kappa shape index (κ2) is 9.25. The molecule has 1 atom stereocenters. The minimum atomic E-state index is -0.827. The fourth-order valence-electron chi connectivity index (χ4n) is 2.89. The number of carbonyl (C=O) groups is 1. The summed E-state index contributed by atoms with van der Waals surface area (Å²) in [5.41, 5.74) is 2.11. The number of aromatic nitrogens is 3. The normalized spacial score (nSPS) is 11.9. The lowest BCUT2D eigenvalue weighted by atomic mass is 10.1. The molecule has 1 N–H and O–H groups in total. The van der Waals surface area contributed by atoms with Crippen molar-refractivity contribution in [3.05, 3.63) is 65.0 Å². The molecule has 0 spiro atoms. The molecule has 3 aromatic rings. The predicted molar refractivity (Wildman–Crippen MR) is 112 cm³/mol. The lowest BCUT2D eigenvalue weighted by Gasteiger charge is -2.16. The van der Waals surface area contributed by atoms with Crippen molar-refractivity contribution >= 4 is 23.4 Å². The maximum atomic E-state index is 13.7. The number of anilines is 1. The van der Waals surface area contributed by atoms with Crippen molar-refractivity contribution in [3.8, 4) is 5.75 Å². The molecule has 1 unspecified atom stereocenters. The van der Waals surface area contributed by atoms with Gasteiger partial charge in [-0.2, -0.15) is 0 Å². The van der Waals surface area contributed by atoms with E-state index in [1.54, 1.807) is 11.6 Å². The van der Waals surface area contributed by atoms with E-state index in [0.717, 1.165) is 40.8 Å². The van der Waals surface area contributed by atoms with Crippen LogP contribution >= 0.6 is 11.8 Å². The number of halogens is 2. The summed E-state index contributed by atoms with van der Waals surface area (Å²) in [4.78, 5) is 12.1. The summed E-state index contributed by atoms with van der Waals surface area (Å²) in [6.07, 6.45) is -0.347. The van der Waals surface area contributed by atoms with Crippen LogP contribution in [0.25, 0.3) is 0 Å². The SMILES string of the molecule is Cc1ccc(OC(C)c2nnc(SCC(=O)Nc3ccc(F)cc3F)n2C)c(C)c1. The van der Waals surface area contributed by atoms with E-state index in [1.807, 2.05) is 39.0 Å². The molecule has 0 saturated carbocycles. The molecule has 9 heteroatoms. The number of benzene rings is 2. The highest BCUT2D eigenvalue weighted by Crippen LogP contribution is 2.26. The molecule has 30 heavy (non-hydrogen) atoms. The van der Waals surface area contributed by atoms with Gasteiger partial charge in [-0.15, -0.1) is 10.2 Å². The molecule has 0 radical (unpaired) electrons. The Morgan fingerprint density at radius 1 is 1.20 bits per heavy atom. The number of nitrogens with zero attached hydrogens (tertiary/aromatic N) is 3. The van der Waals surface area contributed by atoms with Gasteiger partial charge in [0.1, 0.15) is 17.4 Å². The molecule has 0 aliphatic rings. The Morgan fingerprint density at radius 2 is 1.97 bits per heavy atom. The van der Waals surface area contributed by atoms with Crippen LogP contribution in [0.2, 0.25) is 0 Å². The van der Waals surface area contributed by atoms with Crippen LogP contribution in [0.1, 0.15) is 30.0 Å². The van der Waals surface area contributed by atoms with Crippen LogP contribution in [0.15, 0.2) is 41.6 Å². The number of thioether (sulfide) groups is 1. The number of amides is 1. The Hall–Kier alpha value is -2.94. The second-order valence-electron chi connectivity index (χ2n) is 6.89. The Morgan fingerprint density at radius 3 is 2.67 bits per heavy atom. The first kappa shape index (κ1) is 21.8. The standard InChI is InChI=1S/C21H22F2N4O2S/c1-12-5-8-18(13(2)9-12)29-14(3)20-25-26-21(27(20)4)30-11-19(28)24-17-7-6-15(22)10-16(17)23/h5-10,14H,11H2,1-4H3,(H,24,28). The molecular formula is C21H22F2N4O2S. The van der Waals surface area contributed by atoms with Crippen LogP contribution < -0.4 is 10.1 Å². The quantitative estimate of drug-likeness (QED) is 0.554. The first-order valence-corrected chi connectivity index (χ1v) is 10.2. The van der Waals surface area contributed by atoms with Gasteiger partial charge in [0.25, 0.3) is 0 Å². The molecule has 0 aliphatic carbocycles. The maximum Gasteiger partial charge on any atom is 0.234 e. The first-order valence-electron chi connectivity index (χ1n) is 9.25. The van der Waals surface area contributed by atoms with Crippen molar-refractivity contribution in [2.75, 3.05) is 11.1 Å². The summed E-state index contributed by atoms with van der Waals surface area (Å²) in [6, 6.07) is 8.93. The number of aryl methyl sites for hydroxylation is 2. The van der Waals surface area contributed by atoms with E-state index >= 15 is 0 Å². The smallest absolute Gasteiger partial charge is 0.234 e. The largest absolute Gasteiger partial charge is 0.482 e. The van der Waals surface area contributed by atoms with Gasteiger partial charge in [-0.1, -0.05) is 29.5 Å². The lowest BCUT2D eigenvalue weighted by molar-refractivity contribution is -0.113. The van der Waals surface area contributed by atoms with Crippen LogP contribution in [-0.2, 0) is 11.8 Å². The molecule has 158 valence electrons. The third kappa shape index (κ3) is 5.15. The lowest BCUT2D eigenvalue weighted by Crippen LogP contribution is -2.16. The number of rotatable bonds is 7. The molecule has 1 heterocycles. The van der Waals surface area contributed by atoms with Crippen LogP contribution in [-0.4, -0.2) is 26.4 Å². The third-order valence-corrected chi connectivity index (χ3v) is 5.42. The van der Waals surface area contributed by atoms with Gasteiger partial charge in [-0.3, -0.25) is 4.79 Å². The Bertz CT molecular complexity index is 1070. The molecule has 0 fully saturated rings. The van der Waals surface area contributed by atoms with Gasteiger partial charge in [-0.25, -0.2) is 8.78 Å². The zero-order valence-electron chi connectivity index (χ0n) is 17.1. The minimum Gasteiger partial charge on any atom is -0.482 e. The third-order valence-electron chi connectivity index (χ3n) is 4.40. The van der Waals surface area contributed by atoms with Crippen molar-refractivity contribution in [1.29, 1.82) is 0 Å². The minimum absolute atomic E-state index is 0.00486. The Kier molecular flexibility index (Phi) is 6.71. The topological polar surface area (TPSA) is 69.0 Å². The van der Waals surface area contributed by atoms with E-state index in [1.165, 1.54) is 6.07 Å². The fourth-order valence-corrected chi connectivity index (χ4v) is 3.61. The van der Waals surface area contributed by atoms with Gasteiger partial charge in [0.2, 0.25) is 5.91 Å². The summed E-state index contributed by atoms with van der Waals surface area (Å²) in [5, 5.41) is 11.2. The van der Waals surface area contributed by atoms with Crippen LogP contribution in [0, 0.1) is 25.5 Å². The summed E-state index contributed by atoms with van der Waals surface area (Å²) in [7, 11) is 1.79. The monoisotopic (exact) mass is 432 g/mol. The van der Waals surface area contributed by atoms with Crippen molar-refractivity contribution in [2.24, 2.45) is 7.05 Å². The molecular weight excluding hydrogens is 410 g/mol. The summed E-state index contributed by atoms with van der Waals surface area (Å²) in [6.45, 7) is 5.88. The number of hydrogen-bond donors (Lipinski definition) is 1. The number of carbonyl (C=O) groups excluding carboxylic acids is 1. The van der Waals surface area contributed by atoms with Crippen LogP contribution in [0.5, 0.6) is 5.75 Å². The van der Waals surface area contributed by atoms with Crippen LogP contribution in [0.4, 0.5) is 14.5 Å². The van der Waals surface area contributed by atoms with Gasteiger partial charge in [0.15, 0.2) is 17.1 Å². The van der Waals surface area contributed by atoms with Gasteiger partial charge >= 0.3 is 0 Å². The molecule has 0 aliphatic heterocycles. The van der Waals surface area contributed by atoms with E-state index < -0.39 is 17.5 Å². The Balaban J connectivity index is 1.61. The number of nitrogens with one attached hydrogen (secondary N) is 1. The Labute approximate surface area is 177 Å². The van der Waals surface area contributed by atoms with Gasteiger partial charge in [0.05, 0.1) is 11.4 Å². The summed E-state index contributed by atoms with van der Waals surface area (Å²) < 4.78 is 34.4. The molecule has 2 aromatic carbocycles. The second-order valence-corrected chi connectivity index (χ2v) is 7.83. The first-order chi connectivity index (χ1) is 14.2. The molecule has 0 bridgehead atoms. The molecule has 3 rings (SSSR count). The molecule has 0 saturated heterocycles. The zero-order valence-corrected chi connectivity index (χ0v) is 17.9. The maximum absolute atomic E-state index is 13.7. The summed E-state index contributed by atoms with van der Waals surface area (Å²) >= 11 is 1.16. The average Bonchev–Trinajstić information content (AvgIpc) is 3.05. The molecule has 1 amide bonds. The highest BCUT2D eigenvalue weighted by atomic mass is 32.2. The van der Waals surface area contributed by atoms with E-state index in [4.69, 9.17) is 4.74 Å². The molecule has 1 aromatic heterocycles. The van der Waals surface area contributed by atoms with Gasteiger partial charge in [-0.05, 0) is 44.5 Å².